The number of hydrogen-bond acceptors (Lipinski definition) is 2. The first-order chi connectivity index (χ1) is 4.72. The highest BCUT2D eigenvalue weighted by atomic mass is 16.5. The zero-order chi connectivity index (χ0) is 7.98. The number of rotatable bonds is 3. The normalized spacial score (nSPS) is 8.60. The molecule has 0 rings (SSSR count). The Hall–Kier alpha value is -0.990. The van der Waals surface area contributed by atoms with Crippen molar-refractivity contribution >= 4 is 6.09 Å². The van der Waals surface area contributed by atoms with Crippen LogP contribution in [0.2, 0.25) is 0 Å². The lowest BCUT2D eigenvalue weighted by atomic mass is 10.6. The summed E-state index contributed by atoms with van der Waals surface area (Å²) < 4.78 is 4.63. The maximum Gasteiger partial charge on any atom is 0.410 e. The van der Waals surface area contributed by atoms with E-state index >= 15 is 0 Å². The molecule has 0 atom stereocenters. The molecule has 57 valence electrons. The summed E-state index contributed by atoms with van der Waals surface area (Å²) in [6, 6.07) is 0. The summed E-state index contributed by atoms with van der Waals surface area (Å²) >= 11 is 0. The predicted octanol–water partition coefficient (Wildman–Crippen LogP) is 1.42. The summed E-state index contributed by atoms with van der Waals surface area (Å²) in [6.07, 6.45) is 1.17. The van der Waals surface area contributed by atoms with E-state index in [4.69, 9.17) is 0 Å². The highest BCUT2D eigenvalue weighted by Gasteiger charge is 2.05. The molecule has 3 heteroatoms. The molecule has 0 saturated heterocycles. The first kappa shape index (κ1) is 9.01. The molecule has 0 spiro atoms. The quantitative estimate of drug-likeness (QED) is 0.558. The van der Waals surface area contributed by atoms with Gasteiger partial charge >= 0.3 is 6.09 Å². The average Bonchev–Trinajstić information content (AvgIpc) is 1.89. The van der Waals surface area contributed by atoms with Crippen molar-refractivity contribution in [2.24, 2.45) is 0 Å². The van der Waals surface area contributed by atoms with E-state index in [9.17, 15) is 4.79 Å². The van der Waals surface area contributed by atoms with Crippen molar-refractivity contribution in [2.45, 2.75) is 6.92 Å². The number of carbonyl (C=O) groups excluding carboxylic acids is 1. The number of hydrogen-bond donors (Lipinski definition) is 0. The summed E-state index contributed by atoms with van der Waals surface area (Å²) in [5.74, 6) is 0. The maximum atomic E-state index is 10.7. The van der Waals surface area contributed by atoms with E-state index < -0.39 is 6.09 Å². The molecule has 0 saturated carbocycles. The zero-order valence-corrected chi connectivity index (χ0v) is 6.17. The van der Waals surface area contributed by atoms with E-state index in [0.717, 1.165) is 0 Å². The van der Waals surface area contributed by atoms with Gasteiger partial charge in [0, 0.05) is 13.6 Å². The van der Waals surface area contributed by atoms with Crippen molar-refractivity contribution in [3.05, 3.63) is 19.7 Å². The van der Waals surface area contributed by atoms with Crippen molar-refractivity contribution < 1.29 is 9.53 Å². The molecular weight excluding hydrogens is 130 g/mol. The second-order valence-corrected chi connectivity index (χ2v) is 1.71. The van der Waals surface area contributed by atoms with Crippen LogP contribution in [-0.4, -0.2) is 24.1 Å². The summed E-state index contributed by atoms with van der Waals surface area (Å²) in [7, 11) is 3.43. The molecule has 3 nitrogen and oxygen atoms in total. The Labute approximate surface area is 61.3 Å². The second-order valence-electron chi connectivity index (χ2n) is 1.71. The van der Waals surface area contributed by atoms with Gasteiger partial charge < -0.3 is 9.64 Å². The summed E-state index contributed by atoms with van der Waals surface area (Å²) in [6.45, 7) is 6.00. The molecular formula is C7H12NO2. The number of ether oxygens (including phenoxy) is 1. The largest absolute Gasteiger partial charge is 0.450 e. The lowest BCUT2D eigenvalue weighted by Gasteiger charge is -2.12. The van der Waals surface area contributed by atoms with E-state index in [0.29, 0.717) is 13.2 Å². The second kappa shape index (κ2) is 4.85. The molecule has 0 heterocycles. The minimum absolute atomic E-state index is 0.377. The highest BCUT2D eigenvalue weighted by molar-refractivity contribution is 5.67. The van der Waals surface area contributed by atoms with Gasteiger partial charge in [0.25, 0.3) is 0 Å². The number of nitrogens with zero attached hydrogens (tertiary/aromatic N) is 1. The Balaban J connectivity index is 3.58. The molecule has 0 aliphatic carbocycles. The van der Waals surface area contributed by atoms with Crippen LogP contribution in [0, 0.1) is 7.05 Å². The van der Waals surface area contributed by atoms with Crippen LogP contribution >= 0.6 is 0 Å². The van der Waals surface area contributed by atoms with Gasteiger partial charge in [0.2, 0.25) is 0 Å². The van der Waals surface area contributed by atoms with E-state index in [-0.39, 0.29) is 0 Å². The molecule has 0 aliphatic heterocycles. The minimum Gasteiger partial charge on any atom is -0.450 e. The molecule has 1 radical (unpaired) electrons. The van der Waals surface area contributed by atoms with Crippen LogP contribution in [-0.2, 0) is 4.74 Å². The Bertz CT molecular complexity index is 123. The average molecular weight is 142 g/mol. The predicted molar refractivity (Wildman–Crippen MR) is 39.3 cm³/mol. The Kier molecular flexibility index (Phi) is 4.37. The van der Waals surface area contributed by atoms with Gasteiger partial charge in [-0.2, -0.15) is 0 Å². The molecule has 0 fully saturated rings. The number of amides is 1. The molecule has 0 aromatic heterocycles. The van der Waals surface area contributed by atoms with Gasteiger partial charge in [0.1, 0.15) is 0 Å². The lowest BCUT2D eigenvalue weighted by Crippen LogP contribution is -2.25. The van der Waals surface area contributed by atoms with Gasteiger partial charge in [-0.1, -0.05) is 6.08 Å². The van der Waals surface area contributed by atoms with Gasteiger partial charge in [-0.05, 0) is 6.92 Å². The molecule has 0 N–H and O–H groups in total. The Morgan fingerprint density at radius 2 is 2.40 bits per heavy atom. The van der Waals surface area contributed by atoms with Crippen molar-refractivity contribution in [3.63, 3.8) is 0 Å². The van der Waals surface area contributed by atoms with Crippen LogP contribution in [0.4, 0.5) is 4.79 Å². The van der Waals surface area contributed by atoms with Crippen molar-refractivity contribution in [1.82, 2.24) is 4.90 Å². The lowest BCUT2D eigenvalue weighted by molar-refractivity contribution is 0.124. The first-order valence-corrected chi connectivity index (χ1v) is 3.08. The van der Waals surface area contributed by atoms with E-state index in [1.54, 1.807) is 13.0 Å². The third kappa shape index (κ3) is 3.12. The van der Waals surface area contributed by atoms with Gasteiger partial charge in [-0.3, -0.25) is 0 Å². The van der Waals surface area contributed by atoms with Gasteiger partial charge in [0.15, 0.2) is 0 Å². The zero-order valence-electron chi connectivity index (χ0n) is 6.17. The van der Waals surface area contributed by atoms with E-state index in [2.05, 4.69) is 18.4 Å². The molecule has 0 aromatic rings. The van der Waals surface area contributed by atoms with Crippen LogP contribution in [0.1, 0.15) is 6.92 Å². The van der Waals surface area contributed by atoms with Crippen molar-refractivity contribution in [2.75, 3.05) is 13.2 Å². The molecule has 0 aliphatic rings. The SMILES string of the molecule is [CH2]N(CC=C)C(=O)OCC. The Morgan fingerprint density at radius 1 is 1.80 bits per heavy atom. The smallest absolute Gasteiger partial charge is 0.410 e. The fourth-order valence-electron chi connectivity index (χ4n) is 0.445. The van der Waals surface area contributed by atoms with Crippen molar-refractivity contribution in [1.29, 1.82) is 0 Å². The minimum atomic E-state index is -0.414. The molecule has 0 unspecified atom stereocenters. The van der Waals surface area contributed by atoms with Crippen LogP contribution < -0.4 is 0 Å². The summed E-state index contributed by atoms with van der Waals surface area (Å²) in [5.41, 5.74) is 0. The molecule has 10 heavy (non-hydrogen) atoms. The fraction of sp³-hybridized carbons (Fsp3) is 0.429. The third-order valence-corrected chi connectivity index (χ3v) is 0.875. The van der Waals surface area contributed by atoms with Crippen LogP contribution in [0.15, 0.2) is 12.7 Å². The molecule has 0 aromatic carbocycles. The van der Waals surface area contributed by atoms with Gasteiger partial charge in [-0.25, -0.2) is 4.79 Å². The topological polar surface area (TPSA) is 29.5 Å². The van der Waals surface area contributed by atoms with Crippen LogP contribution in [0.3, 0.4) is 0 Å². The van der Waals surface area contributed by atoms with Crippen molar-refractivity contribution in [3.8, 4) is 0 Å². The van der Waals surface area contributed by atoms with Gasteiger partial charge in [0.05, 0.1) is 6.61 Å². The summed E-state index contributed by atoms with van der Waals surface area (Å²) in [4.78, 5) is 11.9. The van der Waals surface area contributed by atoms with E-state index in [1.807, 2.05) is 0 Å². The summed E-state index contributed by atoms with van der Waals surface area (Å²) in [5, 5.41) is 0. The monoisotopic (exact) mass is 142 g/mol. The number of carbonyl (C=O) groups is 1. The highest BCUT2D eigenvalue weighted by Crippen LogP contribution is 1.90. The standard InChI is InChI=1S/C7H12NO2/c1-4-6-8(3)7(9)10-5-2/h4H,1,3,5-6H2,2H3. The Morgan fingerprint density at radius 3 is 2.80 bits per heavy atom. The first-order valence-electron chi connectivity index (χ1n) is 3.08. The van der Waals surface area contributed by atoms with E-state index in [1.165, 1.54) is 4.90 Å². The third-order valence-electron chi connectivity index (χ3n) is 0.875. The fourth-order valence-corrected chi connectivity index (χ4v) is 0.445. The van der Waals surface area contributed by atoms with Gasteiger partial charge in [-0.15, -0.1) is 6.58 Å². The van der Waals surface area contributed by atoms with Crippen LogP contribution in [0.5, 0.6) is 0 Å². The molecule has 0 bridgehead atoms. The van der Waals surface area contributed by atoms with Crippen LogP contribution in [0.25, 0.3) is 0 Å². The molecule has 1 amide bonds. The maximum absolute atomic E-state index is 10.7.